The van der Waals surface area contributed by atoms with Gasteiger partial charge in [-0.1, -0.05) is 41.6 Å². The fourth-order valence-corrected chi connectivity index (χ4v) is 2.36. The van der Waals surface area contributed by atoms with Crippen LogP contribution in [-0.2, 0) is 12.4 Å². The van der Waals surface area contributed by atoms with Gasteiger partial charge in [0.1, 0.15) is 0 Å². The molecule has 0 amide bonds. The van der Waals surface area contributed by atoms with E-state index in [2.05, 4.69) is 10.1 Å². The number of halogens is 6. The molecule has 0 aliphatic heterocycles. The number of alkyl halides is 6. The summed E-state index contributed by atoms with van der Waals surface area (Å²) in [5.74, 6) is 0.136. The third-order valence-corrected chi connectivity index (χ3v) is 3.71. The molecule has 150 valence electrons. The van der Waals surface area contributed by atoms with Crippen molar-refractivity contribution in [1.29, 1.82) is 0 Å². The molecule has 0 aliphatic carbocycles. The molecule has 0 spiro atoms. The number of nitrogens with zero attached hydrogens (tertiary/aromatic N) is 2. The predicted molar refractivity (Wildman–Crippen MR) is 95.0 cm³/mol. The highest BCUT2D eigenvalue weighted by atomic mass is 19.4. The van der Waals surface area contributed by atoms with E-state index >= 15 is 0 Å². The van der Waals surface area contributed by atoms with Crippen LogP contribution in [-0.4, -0.2) is 10.1 Å². The van der Waals surface area contributed by atoms with Crippen LogP contribution in [0, 0.1) is 0 Å². The van der Waals surface area contributed by atoms with Gasteiger partial charge in [0.15, 0.2) is 5.82 Å². The topological polar surface area (TPSA) is 38.9 Å². The van der Waals surface area contributed by atoms with Gasteiger partial charge in [-0.3, -0.25) is 0 Å². The number of aromatic nitrogens is 2. The summed E-state index contributed by atoms with van der Waals surface area (Å²) in [6, 6.07) is 10.5. The summed E-state index contributed by atoms with van der Waals surface area (Å²) in [7, 11) is 0. The third kappa shape index (κ3) is 5.56. The lowest BCUT2D eigenvalue weighted by Crippen LogP contribution is -2.11. The van der Waals surface area contributed by atoms with Crippen LogP contribution in [0.25, 0.3) is 24.3 Å². The fraction of sp³-hybridized carbons (Fsp3) is 0.100. The van der Waals surface area contributed by atoms with Gasteiger partial charge in [-0.15, -0.1) is 0 Å². The average molecular weight is 410 g/mol. The zero-order chi connectivity index (χ0) is 21.1. The highest BCUT2D eigenvalue weighted by Crippen LogP contribution is 2.36. The molecule has 29 heavy (non-hydrogen) atoms. The number of hydrogen-bond acceptors (Lipinski definition) is 3. The Balaban J connectivity index is 1.83. The SMILES string of the molecule is FC(F)(F)c1cc(/C=C/c2noc(/C=C/c3ccccc3)n2)cc(C(F)(F)F)c1. The molecule has 3 rings (SSSR count). The van der Waals surface area contributed by atoms with E-state index < -0.39 is 23.5 Å². The van der Waals surface area contributed by atoms with Crippen molar-refractivity contribution in [2.24, 2.45) is 0 Å². The Bertz CT molecular complexity index is 1000. The summed E-state index contributed by atoms with van der Waals surface area (Å²) in [6.45, 7) is 0. The van der Waals surface area contributed by atoms with Crippen molar-refractivity contribution in [3.8, 4) is 0 Å². The van der Waals surface area contributed by atoms with Crippen LogP contribution in [0.3, 0.4) is 0 Å². The van der Waals surface area contributed by atoms with Crippen LogP contribution >= 0.6 is 0 Å². The molecule has 0 fully saturated rings. The summed E-state index contributed by atoms with van der Waals surface area (Å²) in [6.07, 6.45) is -4.36. The molecular weight excluding hydrogens is 398 g/mol. The highest BCUT2D eigenvalue weighted by Gasteiger charge is 2.36. The van der Waals surface area contributed by atoms with Crippen LogP contribution in [0.15, 0.2) is 53.1 Å². The third-order valence-electron chi connectivity index (χ3n) is 3.71. The van der Waals surface area contributed by atoms with Crippen LogP contribution in [0.4, 0.5) is 26.3 Å². The van der Waals surface area contributed by atoms with Gasteiger partial charge >= 0.3 is 12.4 Å². The molecule has 0 saturated heterocycles. The molecule has 2 aromatic carbocycles. The van der Waals surface area contributed by atoms with Crippen molar-refractivity contribution in [3.05, 3.63) is 82.5 Å². The Labute approximate surface area is 161 Å². The first kappa shape index (κ1) is 20.4. The molecule has 0 N–H and O–H groups in total. The molecule has 0 saturated carbocycles. The van der Waals surface area contributed by atoms with Crippen LogP contribution in [0.1, 0.15) is 34.0 Å². The first-order chi connectivity index (χ1) is 13.6. The molecular formula is C20H12F6N2O. The van der Waals surface area contributed by atoms with Crippen molar-refractivity contribution in [1.82, 2.24) is 10.1 Å². The van der Waals surface area contributed by atoms with Gasteiger partial charge in [0.05, 0.1) is 11.1 Å². The van der Waals surface area contributed by atoms with Gasteiger partial charge in [-0.05, 0) is 41.5 Å². The maximum Gasteiger partial charge on any atom is 0.416 e. The Morgan fingerprint density at radius 1 is 0.690 bits per heavy atom. The van der Waals surface area contributed by atoms with Crippen molar-refractivity contribution < 1.29 is 30.9 Å². The number of benzene rings is 2. The Hall–Kier alpha value is -3.36. The number of hydrogen-bond donors (Lipinski definition) is 0. The minimum absolute atomic E-state index is 0.00341. The Kier molecular flexibility index (Phi) is 5.58. The van der Waals surface area contributed by atoms with Crippen molar-refractivity contribution in [2.75, 3.05) is 0 Å². The molecule has 0 bridgehead atoms. The minimum Gasteiger partial charge on any atom is -0.334 e. The van der Waals surface area contributed by atoms with E-state index in [4.69, 9.17) is 4.52 Å². The summed E-state index contributed by atoms with van der Waals surface area (Å²) in [5, 5.41) is 3.62. The van der Waals surface area contributed by atoms with Gasteiger partial charge in [0.25, 0.3) is 5.89 Å². The van der Waals surface area contributed by atoms with Gasteiger partial charge in [0, 0.05) is 6.08 Å². The standard InChI is InChI=1S/C20H12F6N2O/c21-19(22,23)15-10-14(11-16(12-15)20(24,25)26)6-8-17-27-18(29-28-17)9-7-13-4-2-1-3-5-13/h1-12H/b8-6+,9-7+. The lowest BCUT2D eigenvalue weighted by Gasteiger charge is -2.12. The van der Waals surface area contributed by atoms with E-state index in [0.717, 1.165) is 11.6 Å². The number of rotatable bonds is 4. The molecule has 0 aliphatic rings. The molecule has 0 unspecified atom stereocenters. The van der Waals surface area contributed by atoms with E-state index in [9.17, 15) is 26.3 Å². The highest BCUT2D eigenvalue weighted by molar-refractivity contribution is 5.69. The second-order valence-corrected chi connectivity index (χ2v) is 5.91. The zero-order valence-corrected chi connectivity index (χ0v) is 14.5. The first-order valence-corrected chi connectivity index (χ1v) is 8.16. The average Bonchev–Trinajstić information content (AvgIpc) is 3.12. The molecule has 3 aromatic rings. The van der Waals surface area contributed by atoms with Gasteiger partial charge in [-0.2, -0.15) is 31.3 Å². The summed E-state index contributed by atoms with van der Waals surface area (Å²) >= 11 is 0. The second-order valence-electron chi connectivity index (χ2n) is 5.91. The lowest BCUT2D eigenvalue weighted by molar-refractivity contribution is -0.143. The van der Waals surface area contributed by atoms with Gasteiger partial charge in [0.2, 0.25) is 0 Å². The summed E-state index contributed by atoms with van der Waals surface area (Å²) < 4.78 is 82.3. The van der Waals surface area contributed by atoms with Crippen molar-refractivity contribution in [2.45, 2.75) is 12.4 Å². The van der Waals surface area contributed by atoms with E-state index in [1.165, 1.54) is 12.2 Å². The lowest BCUT2D eigenvalue weighted by atomic mass is 10.0. The first-order valence-electron chi connectivity index (χ1n) is 8.16. The maximum absolute atomic E-state index is 12.9. The summed E-state index contributed by atoms with van der Waals surface area (Å²) in [4.78, 5) is 3.99. The van der Waals surface area contributed by atoms with Crippen LogP contribution in [0.5, 0.6) is 0 Å². The zero-order valence-electron chi connectivity index (χ0n) is 14.5. The molecule has 1 heterocycles. The summed E-state index contributed by atoms with van der Waals surface area (Å²) in [5.41, 5.74) is -2.21. The molecule has 1 aromatic heterocycles. The Morgan fingerprint density at radius 2 is 1.28 bits per heavy atom. The predicted octanol–water partition coefficient (Wildman–Crippen LogP) is 6.45. The van der Waals surface area contributed by atoms with E-state index in [-0.39, 0.29) is 23.3 Å². The monoisotopic (exact) mass is 410 g/mol. The second kappa shape index (κ2) is 7.94. The van der Waals surface area contributed by atoms with Crippen LogP contribution in [0.2, 0.25) is 0 Å². The minimum atomic E-state index is -4.91. The van der Waals surface area contributed by atoms with Crippen LogP contribution < -0.4 is 0 Å². The fourth-order valence-electron chi connectivity index (χ4n) is 2.36. The smallest absolute Gasteiger partial charge is 0.334 e. The van der Waals surface area contributed by atoms with Gasteiger partial charge in [-0.25, -0.2) is 0 Å². The largest absolute Gasteiger partial charge is 0.416 e. The molecule has 9 heteroatoms. The molecule has 0 atom stereocenters. The van der Waals surface area contributed by atoms with E-state index in [1.807, 2.05) is 30.3 Å². The van der Waals surface area contributed by atoms with Gasteiger partial charge < -0.3 is 4.52 Å². The maximum atomic E-state index is 12.9. The Morgan fingerprint density at radius 3 is 1.86 bits per heavy atom. The van der Waals surface area contributed by atoms with E-state index in [0.29, 0.717) is 12.1 Å². The van der Waals surface area contributed by atoms with E-state index in [1.54, 1.807) is 6.08 Å². The normalized spacial score (nSPS) is 12.9. The van der Waals surface area contributed by atoms with Crippen molar-refractivity contribution in [3.63, 3.8) is 0 Å². The van der Waals surface area contributed by atoms with Crippen molar-refractivity contribution >= 4 is 24.3 Å². The molecule has 0 radical (unpaired) electrons. The quantitative estimate of drug-likeness (QED) is 0.464. The molecule has 3 nitrogen and oxygen atoms in total.